The van der Waals surface area contributed by atoms with Crippen LogP contribution in [0, 0.1) is 45.3 Å². The topological polar surface area (TPSA) is 93.2 Å². The van der Waals surface area contributed by atoms with Crippen LogP contribution in [0.4, 0.5) is 0 Å². The summed E-state index contributed by atoms with van der Waals surface area (Å²) in [5.74, 6) is 0.173. The smallest absolute Gasteiger partial charge is 0.306 e. The lowest BCUT2D eigenvalue weighted by atomic mass is 9.43. The average Bonchev–Trinajstić information content (AvgIpc) is 3.31. The molecule has 5 heteroatoms. The fourth-order valence-electron chi connectivity index (χ4n) is 8.65. The number of carbonyl (C=O) groups is 2. The lowest BCUT2D eigenvalue weighted by molar-refractivity contribution is -0.160. The molecule has 1 aliphatic heterocycles. The summed E-state index contributed by atoms with van der Waals surface area (Å²) >= 11 is 0. The number of hydrogen-bond acceptors (Lipinski definition) is 5. The molecule has 5 unspecified atom stereocenters. The number of ketones is 1. The SMILES string of the molecule is CC12CC=C3C(C4=C(N)C5C(=O)CCC3(C)[C@]5(C#N)C4)C1CC[C@@]21CCC(=O)O1. The molecule has 4 fully saturated rings. The van der Waals surface area contributed by atoms with Crippen molar-refractivity contribution < 1.29 is 14.3 Å². The largest absolute Gasteiger partial charge is 0.458 e. The molecular weight excluding hydrogens is 364 g/mol. The van der Waals surface area contributed by atoms with E-state index in [0.29, 0.717) is 30.9 Å². The Morgan fingerprint density at radius 1 is 1.21 bits per heavy atom. The van der Waals surface area contributed by atoms with E-state index in [4.69, 9.17) is 10.5 Å². The molecule has 3 saturated carbocycles. The first kappa shape index (κ1) is 17.7. The number of allylic oxidation sites excluding steroid dienone is 4. The monoisotopic (exact) mass is 392 g/mol. The number of hydrogen-bond donors (Lipinski definition) is 1. The van der Waals surface area contributed by atoms with Gasteiger partial charge in [-0.05, 0) is 50.0 Å². The number of nitriles is 1. The quantitative estimate of drug-likeness (QED) is 0.503. The van der Waals surface area contributed by atoms with E-state index in [9.17, 15) is 14.9 Å². The van der Waals surface area contributed by atoms with E-state index in [1.165, 1.54) is 5.57 Å². The third-order valence-electron chi connectivity index (χ3n) is 10.3. The summed E-state index contributed by atoms with van der Waals surface area (Å²) in [6.45, 7) is 4.51. The van der Waals surface area contributed by atoms with Gasteiger partial charge in [0, 0.05) is 35.3 Å². The second-order valence-corrected chi connectivity index (χ2v) is 10.8. The van der Waals surface area contributed by atoms with Crippen molar-refractivity contribution >= 4 is 11.8 Å². The van der Waals surface area contributed by atoms with Crippen molar-refractivity contribution in [2.24, 2.45) is 39.7 Å². The third kappa shape index (κ3) is 1.64. The zero-order chi connectivity index (χ0) is 20.4. The Kier molecular flexibility index (Phi) is 3.04. The molecular formula is C24H28N2O3. The average molecular weight is 392 g/mol. The molecule has 1 saturated heterocycles. The van der Waals surface area contributed by atoms with Gasteiger partial charge < -0.3 is 10.5 Å². The number of ether oxygens (including phenoxy) is 1. The van der Waals surface area contributed by atoms with Crippen LogP contribution in [-0.4, -0.2) is 17.4 Å². The van der Waals surface area contributed by atoms with Crippen molar-refractivity contribution in [2.45, 2.75) is 70.8 Å². The molecule has 6 aliphatic rings. The summed E-state index contributed by atoms with van der Waals surface area (Å²) < 4.78 is 6.02. The zero-order valence-corrected chi connectivity index (χ0v) is 17.2. The normalized spacial score (nSPS) is 52.2. The Hall–Kier alpha value is -2.09. The Labute approximate surface area is 171 Å². The summed E-state index contributed by atoms with van der Waals surface area (Å²) in [6, 6.07) is 2.62. The van der Waals surface area contributed by atoms with Gasteiger partial charge in [0.05, 0.1) is 17.4 Å². The molecule has 0 radical (unpaired) electrons. The first-order valence-corrected chi connectivity index (χ1v) is 11.1. The van der Waals surface area contributed by atoms with Gasteiger partial charge in [0.2, 0.25) is 0 Å². The van der Waals surface area contributed by atoms with Gasteiger partial charge in [0.25, 0.3) is 0 Å². The maximum Gasteiger partial charge on any atom is 0.306 e. The minimum absolute atomic E-state index is 0.0678. The second kappa shape index (κ2) is 4.96. The molecule has 0 aromatic heterocycles. The Bertz CT molecular complexity index is 989. The maximum atomic E-state index is 12.9. The van der Waals surface area contributed by atoms with Crippen LogP contribution >= 0.6 is 0 Å². The number of nitrogens with zero attached hydrogens (tertiary/aromatic N) is 1. The van der Waals surface area contributed by atoms with Crippen LogP contribution in [0.3, 0.4) is 0 Å². The van der Waals surface area contributed by atoms with Crippen LogP contribution in [0.2, 0.25) is 0 Å². The van der Waals surface area contributed by atoms with Gasteiger partial charge in [0.15, 0.2) is 0 Å². The molecule has 5 nitrogen and oxygen atoms in total. The molecule has 7 atom stereocenters. The summed E-state index contributed by atoms with van der Waals surface area (Å²) in [5.41, 5.74) is 8.37. The minimum atomic E-state index is -0.714. The van der Waals surface area contributed by atoms with Gasteiger partial charge >= 0.3 is 5.97 Å². The first-order chi connectivity index (χ1) is 13.7. The molecule has 5 aliphatic carbocycles. The number of Topliss-reactive ketones (excluding diaryl/α,β-unsaturated/α-hetero) is 1. The van der Waals surface area contributed by atoms with E-state index in [1.807, 2.05) is 0 Å². The van der Waals surface area contributed by atoms with Crippen molar-refractivity contribution in [3.05, 3.63) is 22.9 Å². The molecule has 1 heterocycles. The van der Waals surface area contributed by atoms with Crippen LogP contribution in [0.25, 0.3) is 0 Å². The highest BCUT2D eigenvalue weighted by Gasteiger charge is 2.73. The molecule has 6 rings (SSSR count). The van der Waals surface area contributed by atoms with Crippen LogP contribution in [0.5, 0.6) is 0 Å². The van der Waals surface area contributed by atoms with E-state index in [-0.39, 0.29) is 34.1 Å². The van der Waals surface area contributed by atoms with E-state index in [2.05, 4.69) is 26.0 Å². The second-order valence-electron chi connectivity index (χ2n) is 10.8. The number of esters is 1. The van der Waals surface area contributed by atoms with E-state index in [1.54, 1.807) is 0 Å². The van der Waals surface area contributed by atoms with Crippen molar-refractivity contribution in [2.75, 3.05) is 0 Å². The van der Waals surface area contributed by atoms with E-state index >= 15 is 0 Å². The maximum absolute atomic E-state index is 12.9. The van der Waals surface area contributed by atoms with Crippen LogP contribution in [0.1, 0.15) is 65.2 Å². The predicted molar refractivity (Wildman–Crippen MR) is 105 cm³/mol. The predicted octanol–water partition coefficient (Wildman–Crippen LogP) is 3.55. The van der Waals surface area contributed by atoms with Crippen molar-refractivity contribution in [1.82, 2.24) is 0 Å². The molecule has 2 N–H and O–H groups in total. The van der Waals surface area contributed by atoms with Crippen molar-refractivity contribution in [3.63, 3.8) is 0 Å². The zero-order valence-electron chi connectivity index (χ0n) is 17.2. The summed E-state index contributed by atoms with van der Waals surface area (Å²) in [4.78, 5) is 25.0. The third-order valence-corrected chi connectivity index (χ3v) is 10.3. The van der Waals surface area contributed by atoms with Gasteiger partial charge in [-0.2, -0.15) is 5.26 Å². The highest BCUT2D eigenvalue weighted by molar-refractivity contribution is 5.88. The number of nitrogens with two attached hydrogens (primary N) is 1. The Morgan fingerprint density at radius 3 is 2.69 bits per heavy atom. The lowest BCUT2D eigenvalue weighted by Gasteiger charge is -2.58. The number of rotatable bonds is 0. The lowest BCUT2D eigenvalue weighted by Crippen LogP contribution is -2.56. The fraction of sp³-hybridized carbons (Fsp3) is 0.708. The molecule has 29 heavy (non-hydrogen) atoms. The Balaban J connectivity index is 1.56. The summed E-state index contributed by atoms with van der Waals surface area (Å²) in [6.07, 6.45) is 8.35. The van der Waals surface area contributed by atoms with Gasteiger partial charge in [0.1, 0.15) is 11.4 Å². The van der Waals surface area contributed by atoms with Crippen LogP contribution in [0.15, 0.2) is 22.9 Å². The van der Waals surface area contributed by atoms with Crippen LogP contribution in [-0.2, 0) is 14.3 Å². The molecule has 0 aromatic rings. The standard InChI is InChI=1S/C24H28N2O3/c1-21-8-5-16(27)19-20(26)13(11-23(19,21)12-25)18-14(21)3-7-22(2)15(18)4-9-24(22)10-6-17(28)29-24/h3,15,18-19H,4-11,26H2,1-2H3/t15?,18?,19?,21?,22?,23-,24+/m0/s1. The molecule has 152 valence electrons. The molecule has 0 aromatic carbocycles. The minimum Gasteiger partial charge on any atom is -0.458 e. The van der Waals surface area contributed by atoms with E-state index < -0.39 is 11.3 Å². The van der Waals surface area contributed by atoms with Gasteiger partial charge in [-0.15, -0.1) is 0 Å². The molecule has 1 spiro atoms. The van der Waals surface area contributed by atoms with Crippen molar-refractivity contribution in [3.8, 4) is 6.07 Å². The highest BCUT2D eigenvalue weighted by Crippen LogP contribution is 2.75. The van der Waals surface area contributed by atoms with Crippen molar-refractivity contribution in [1.29, 1.82) is 5.26 Å². The van der Waals surface area contributed by atoms with Gasteiger partial charge in [-0.1, -0.05) is 25.5 Å². The molecule has 0 amide bonds. The fourth-order valence-corrected chi connectivity index (χ4v) is 8.65. The number of fused-ring (bicyclic) bond motifs is 7. The first-order valence-electron chi connectivity index (χ1n) is 11.1. The van der Waals surface area contributed by atoms with Crippen LogP contribution < -0.4 is 5.73 Å². The Morgan fingerprint density at radius 2 is 2.00 bits per heavy atom. The number of carbonyl (C=O) groups excluding carboxylic acids is 2. The molecule has 2 bridgehead atoms. The summed E-state index contributed by atoms with van der Waals surface area (Å²) in [7, 11) is 0. The van der Waals surface area contributed by atoms with Gasteiger partial charge in [-0.25, -0.2) is 0 Å². The van der Waals surface area contributed by atoms with Gasteiger partial charge in [-0.3, -0.25) is 9.59 Å². The summed E-state index contributed by atoms with van der Waals surface area (Å²) in [5, 5.41) is 10.3. The highest BCUT2D eigenvalue weighted by atomic mass is 16.6. The van der Waals surface area contributed by atoms with E-state index in [0.717, 1.165) is 37.7 Å².